The van der Waals surface area contributed by atoms with Gasteiger partial charge in [0.25, 0.3) is 0 Å². The Kier molecular flexibility index (Phi) is 3.83. The molecule has 110 valence electrons. The van der Waals surface area contributed by atoms with E-state index in [9.17, 15) is 4.79 Å². The Morgan fingerprint density at radius 2 is 1.91 bits per heavy atom. The molecule has 2 heterocycles. The number of hydrogen-bond donors (Lipinski definition) is 1. The van der Waals surface area contributed by atoms with E-state index in [1.54, 1.807) is 6.07 Å². The van der Waals surface area contributed by atoms with Crippen molar-refractivity contribution in [1.29, 1.82) is 0 Å². The molecule has 4 nitrogen and oxygen atoms in total. The lowest BCUT2D eigenvalue weighted by Crippen LogP contribution is -2.00. The summed E-state index contributed by atoms with van der Waals surface area (Å²) in [4.78, 5) is 19.7. The Hall–Kier alpha value is -2.75. The molecule has 0 aliphatic carbocycles. The number of nitrogens with zero attached hydrogens (tertiary/aromatic N) is 2. The predicted octanol–water partition coefficient (Wildman–Crippen LogP) is 3.48. The van der Waals surface area contributed by atoms with Crippen molar-refractivity contribution in [3.05, 3.63) is 71.2 Å². The summed E-state index contributed by atoms with van der Waals surface area (Å²) in [5.41, 5.74) is 4.28. The normalized spacial score (nSPS) is 10.8. The number of aromatic carboxylic acids is 1. The maximum Gasteiger partial charge on any atom is 0.335 e. The van der Waals surface area contributed by atoms with Crippen molar-refractivity contribution >= 4 is 16.9 Å². The van der Waals surface area contributed by atoms with Crippen LogP contribution in [0, 0.1) is 0 Å². The van der Waals surface area contributed by atoms with Crippen LogP contribution in [0.4, 0.5) is 0 Å². The Labute approximate surface area is 128 Å². The molecule has 2 aromatic heterocycles. The number of aromatic nitrogens is 2. The van der Waals surface area contributed by atoms with Crippen LogP contribution in [0.15, 0.2) is 48.8 Å². The molecule has 4 heteroatoms. The van der Waals surface area contributed by atoms with Gasteiger partial charge in [0, 0.05) is 29.9 Å². The van der Waals surface area contributed by atoms with Gasteiger partial charge in [-0.2, -0.15) is 0 Å². The first-order chi connectivity index (χ1) is 10.7. The Balaban J connectivity index is 1.93. The third-order valence-electron chi connectivity index (χ3n) is 3.66. The quantitative estimate of drug-likeness (QED) is 0.799. The Morgan fingerprint density at radius 3 is 2.68 bits per heavy atom. The molecule has 0 bridgehead atoms. The first-order valence-corrected chi connectivity index (χ1v) is 7.21. The van der Waals surface area contributed by atoms with E-state index in [0.717, 1.165) is 28.6 Å². The van der Waals surface area contributed by atoms with Gasteiger partial charge in [0.1, 0.15) is 0 Å². The van der Waals surface area contributed by atoms with Crippen LogP contribution < -0.4 is 0 Å². The van der Waals surface area contributed by atoms with Crippen LogP contribution in [0.1, 0.15) is 34.1 Å². The second-order valence-electron chi connectivity index (χ2n) is 5.24. The average molecular weight is 292 g/mol. The topological polar surface area (TPSA) is 63.1 Å². The number of benzene rings is 1. The summed E-state index contributed by atoms with van der Waals surface area (Å²) >= 11 is 0. The lowest BCUT2D eigenvalue weighted by molar-refractivity contribution is 0.0696. The first-order valence-electron chi connectivity index (χ1n) is 7.21. The first kappa shape index (κ1) is 14.2. The minimum atomic E-state index is -0.932. The number of carboxylic acid groups (broad SMARTS) is 1. The number of fused-ring (bicyclic) bond motifs is 1. The van der Waals surface area contributed by atoms with Crippen molar-refractivity contribution in [3.63, 3.8) is 0 Å². The van der Waals surface area contributed by atoms with E-state index in [2.05, 4.69) is 29.0 Å². The minimum Gasteiger partial charge on any atom is -0.478 e. The molecule has 0 atom stereocenters. The minimum absolute atomic E-state index is 0.265. The molecule has 3 rings (SSSR count). The van der Waals surface area contributed by atoms with E-state index in [1.165, 1.54) is 17.8 Å². The molecule has 1 aromatic carbocycles. The molecule has 0 saturated heterocycles. The number of rotatable bonds is 4. The second kappa shape index (κ2) is 5.93. The number of aryl methyl sites for hydroxylation is 1. The van der Waals surface area contributed by atoms with Gasteiger partial charge in [0.05, 0.1) is 11.1 Å². The molecule has 0 unspecified atom stereocenters. The summed E-state index contributed by atoms with van der Waals surface area (Å²) in [5, 5.41) is 10.1. The molecule has 0 aliphatic heterocycles. The van der Waals surface area contributed by atoms with Gasteiger partial charge in [-0.3, -0.25) is 9.97 Å². The van der Waals surface area contributed by atoms with Gasteiger partial charge in [0.2, 0.25) is 0 Å². The smallest absolute Gasteiger partial charge is 0.335 e. The fourth-order valence-corrected chi connectivity index (χ4v) is 2.45. The zero-order chi connectivity index (χ0) is 15.5. The van der Waals surface area contributed by atoms with Gasteiger partial charge in [-0.25, -0.2) is 4.79 Å². The fraction of sp³-hybridized carbons (Fsp3) is 0.167. The zero-order valence-electron chi connectivity index (χ0n) is 12.3. The van der Waals surface area contributed by atoms with Crippen molar-refractivity contribution in [2.24, 2.45) is 0 Å². The maximum atomic E-state index is 11.0. The fourth-order valence-electron chi connectivity index (χ4n) is 2.45. The molecule has 0 fully saturated rings. The largest absolute Gasteiger partial charge is 0.478 e. The molecule has 0 amide bonds. The summed E-state index contributed by atoms with van der Waals surface area (Å²) in [6.45, 7) is 2.11. The van der Waals surface area contributed by atoms with Gasteiger partial charge in [-0.15, -0.1) is 0 Å². The number of pyridine rings is 2. The van der Waals surface area contributed by atoms with E-state index in [0.29, 0.717) is 6.42 Å². The lowest BCUT2D eigenvalue weighted by Gasteiger charge is -2.05. The van der Waals surface area contributed by atoms with E-state index >= 15 is 0 Å². The van der Waals surface area contributed by atoms with Crippen molar-refractivity contribution in [2.45, 2.75) is 19.8 Å². The summed E-state index contributed by atoms with van der Waals surface area (Å²) in [7, 11) is 0. The molecule has 22 heavy (non-hydrogen) atoms. The highest BCUT2D eigenvalue weighted by Gasteiger charge is 2.06. The number of carboxylic acids is 1. The molecule has 0 aliphatic rings. The van der Waals surface area contributed by atoms with Gasteiger partial charge in [0.15, 0.2) is 0 Å². The summed E-state index contributed by atoms with van der Waals surface area (Å²) < 4.78 is 0. The van der Waals surface area contributed by atoms with Crippen molar-refractivity contribution in [1.82, 2.24) is 9.97 Å². The Morgan fingerprint density at radius 1 is 1.09 bits per heavy atom. The summed E-state index contributed by atoms with van der Waals surface area (Å²) in [6, 6.07) is 11.4. The highest BCUT2D eigenvalue weighted by molar-refractivity contribution is 5.87. The van der Waals surface area contributed by atoms with Gasteiger partial charge >= 0.3 is 5.97 Å². The monoisotopic (exact) mass is 292 g/mol. The zero-order valence-corrected chi connectivity index (χ0v) is 12.3. The second-order valence-corrected chi connectivity index (χ2v) is 5.24. The van der Waals surface area contributed by atoms with Crippen molar-refractivity contribution < 1.29 is 9.90 Å². The van der Waals surface area contributed by atoms with Crippen LogP contribution in [-0.4, -0.2) is 21.0 Å². The summed E-state index contributed by atoms with van der Waals surface area (Å²) in [5.74, 6) is -0.932. The molecule has 0 radical (unpaired) electrons. The highest BCUT2D eigenvalue weighted by Crippen LogP contribution is 2.18. The lowest BCUT2D eigenvalue weighted by atomic mass is 10.0. The van der Waals surface area contributed by atoms with Crippen LogP contribution in [0.3, 0.4) is 0 Å². The van der Waals surface area contributed by atoms with Gasteiger partial charge < -0.3 is 5.11 Å². The maximum absolute atomic E-state index is 11.0. The molecule has 0 saturated carbocycles. The van der Waals surface area contributed by atoms with Crippen LogP contribution in [0.2, 0.25) is 0 Å². The SMILES string of the molecule is CCc1cnc2ccc(Cc3cc(C(=O)O)ccn3)cc2c1. The van der Waals surface area contributed by atoms with Crippen LogP contribution in [0.5, 0.6) is 0 Å². The van der Waals surface area contributed by atoms with E-state index in [4.69, 9.17) is 5.11 Å². The van der Waals surface area contributed by atoms with E-state index in [1.807, 2.05) is 18.3 Å². The standard InChI is InChI=1S/C18H16N2O2/c1-2-12-7-15-8-13(3-4-17(15)20-11-12)9-16-10-14(18(21)22)5-6-19-16/h3-8,10-11H,2,9H2,1H3,(H,21,22). The van der Waals surface area contributed by atoms with Gasteiger partial charge in [-0.1, -0.05) is 13.0 Å². The number of hydrogen-bond acceptors (Lipinski definition) is 3. The third kappa shape index (κ3) is 2.96. The third-order valence-corrected chi connectivity index (χ3v) is 3.66. The van der Waals surface area contributed by atoms with E-state index in [-0.39, 0.29) is 5.56 Å². The average Bonchev–Trinajstić information content (AvgIpc) is 2.54. The van der Waals surface area contributed by atoms with Gasteiger partial charge in [-0.05, 0) is 47.9 Å². The summed E-state index contributed by atoms with van der Waals surface area (Å²) in [6.07, 6.45) is 5.00. The van der Waals surface area contributed by atoms with Crippen LogP contribution >= 0.6 is 0 Å². The van der Waals surface area contributed by atoms with Crippen LogP contribution in [-0.2, 0) is 12.8 Å². The molecule has 1 N–H and O–H groups in total. The molecular weight excluding hydrogens is 276 g/mol. The number of carbonyl (C=O) groups is 1. The molecule has 0 spiro atoms. The van der Waals surface area contributed by atoms with E-state index < -0.39 is 5.97 Å². The highest BCUT2D eigenvalue weighted by atomic mass is 16.4. The predicted molar refractivity (Wildman–Crippen MR) is 85.1 cm³/mol. The Bertz CT molecular complexity index is 843. The van der Waals surface area contributed by atoms with Crippen molar-refractivity contribution in [3.8, 4) is 0 Å². The molecular formula is C18H16N2O2. The van der Waals surface area contributed by atoms with Crippen molar-refractivity contribution in [2.75, 3.05) is 0 Å². The van der Waals surface area contributed by atoms with Crippen LogP contribution in [0.25, 0.3) is 10.9 Å². The molecule has 3 aromatic rings.